The Kier molecular flexibility index (Phi) is 6.74. The van der Waals surface area contributed by atoms with Crippen LogP contribution in [-0.4, -0.2) is 49.9 Å². The molecule has 32 heavy (non-hydrogen) atoms. The highest BCUT2D eigenvalue weighted by Crippen LogP contribution is 2.24. The van der Waals surface area contributed by atoms with Crippen LogP contribution in [0.1, 0.15) is 17.7 Å². The number of ether oxygens (including phenoxy) is 1. The van der Waals surface area contributed by atoms with Crippen molar-refractivity contribution in [1.82, 2.24) is 9.29 Å². The number of H-pyrrole nitrogens is 1. The van der Waals surface area contributed by atoms with Gasteiger partial charge in [0.1, 0.15) is 0 Å². The number of aryl methyl sites for hydroxylation is 2. The number of aromatic amines is 1. The predicted molar refractivity (Wildman–Crippen MR) is 124 cm³/mol. The second kappa shape index (κ2) is 9.68. The van der Waals surface area contributed by atoms with Gasteiger partial charge in [-0.2, -0.15) is 4.31 Å². The second-order valence-electron chi connectivity index (χ2n) is 7.80. The van der Waals surface area contributed by atoms with Crippen LogP contribution in [-0.2, 0) is 26.0 Å². The van der Waals surface area contributed by atoms with E-state index in [1.807, 2.05) is 49.4 Å². The summed E-state index contributed by atoms with van der Waals surface area (Å²) in [4.78, 5) is 16.1. The molecule has 8 heteroatoms. The average Bonchev–Trinajstić information content (AvgIpc) is 3.29. The number of morpholine rings is 1. The van der Waals surface area contributed by atoms with Gasteiger partial charge in [0.05, 0.1) is 18.1 Å². The summed E-state index contributed by atoms with van der Waals surface area (Å²) in [5, 5.41) is 2.87. The minimum atomic E-state index is -3.62. The molecule has 1 amide bonds. The molecule has 168 valence electrons. The number of anilines is 1. The van der Waals surface area contributed by atoms with E-state index in [9.17, 15) is 13.2 Å². The van der Waals surface area contributed by atoms with Crippen LogP contribution in [0.4, 0.5) is 5.69 Å². The maximum absolute atomic E-state index is 12.9. The summed E-state index contributed by atoms with van der Waals surface area (Å²) in [5.74, 6) is -0.162. The van der Waals surface area contributed by atoms with Gasteiger partial charge < -0.3 is 15.0 Å². The highest BCUT2D eigenvalue weighted by molar-refractivity contribution is 7.89. The van der Waals surface area contributed by atoms with Gasteiger partial charge in [-0.3, -0.25) is 4.79 Å². The van der Waals surface area contributed by atoms with Gasteiger partial charge in [-0.05, 0) is 48.7 Å². The van der Waals surface area contributed by atoms with Crippen molar-refractivity contribution >= 4 is 21.6 Å². The number of rotatable bonds is 7. The molecule has 2 heterocycles. The van der Waals surface area contributed by atoms with Crippen molar-refractivity contribution in [3.8, 4) is 11.3 Å². The van der Waals surface area contributed by atoms with Crippen LogP contribution in [0.5, 0.6) is 0 Å². The third-order valence-corrected chi connectivity index (χ3v) is 7.44. The van der Waals surface area contributed by atoms with Gasteiger partial charge in [0.25, 0.3) is 0 Å². The van der Waals surface area contributed by atoms with Crippen molar-refractivity contribution in [2.75, 3.05) is 31.6 Å². The first-order chi connectivity index (χ1) is 15.4. The molecule has 0 saturated carbocycles. The highest BCUT2D eigenvalue weighted by atomic mass is 32.2. The zero-order valence-corrected chi connectivity index (χ0v) is 18.8. The molecule has 0 spiro atoms. The highest BCUT2D eigenvalue weighted by Gasteiger charge is 2.26. The molecule has 0 unspecified atom stereocenters. The van der Waals surface area contributed by atoms with Crippen molar-refractivity contribution < 1.29 is 17.9 Å². The Morgan fingerprint density at radius 1 is 1.06 bits per heavy atom. The molecule has 1 aromatic heterocycles. The topological polar surface area (TPSA) is 91.5 Å². The second-order valence-corrected chi connectivity index (χ2v) is 9.74. The lowest BCUT2D eigenvalue weighted by Gasteiger charge is -2.26. The van der Waals surface area contributed by atoms with Crippen LogP contribution in [0.15, 0.2) is 65.6 Å². The van der Waals surface area contributed by atoms with E-state index in [0.29, 0.717) is 38.4 Å². The monoisotopic (exact) mass is 453 g/mol. The van der Waals surface area contributed by atoms with Gasteiger partial charge in [0.2, 0.25) is 15.9 Å². The summed E-state index contributed by atoms with van der Waals surface area (Å²) in [6.07, 6.45) is 0.845. The van der Waals surface area contributed by atoms with Crippen molar-refractivity contribution in [3.63, 3.8) is 0 Å². The third kappa shape index (κ3) is 5.09. The lowest BCUT2D eigenvalue weighted by molar-refractivity contribution is -0.116. The Morgan fingerprint density at radius 2 is 1.81 bits per heavy atom. The van der Waals surface area contributed by atoms with E-state index in [2.05, 4.69) is 10.3 Å². The zero-order chi connectivity index (χ0) is 22.6. The quantitative estimate of drug-likeness (QED) is 0.572. The van der Waals surface area contributed by atoms with Gasteiger partial charge in [0.15, 0.2) is 0 Å². The van der Waals surface area contributed by atoms with E-state index in [1.54, 1.807) is 18.2 Å². The van der Waals surface area contributed by atoms with E-state index in [4.69, 9.17) is 4.74 Å². The van der Waals surface area contributed by atoms with Gasteiger partial charge in [-0.25, -0.2) is 8.42 Å². The molecule has 1 aliphatic heterocycles. The number of amides is 1. The molecule has 1 fully saturated rings. The van der Waals surface area contributed by atoms with Crippen LogP contribution < -0.4 is 5.32 Å². The lowest BCUT2D eigenvalue weighted by atomic mass is 10.2. The Labute approximate surface area is 188 Å². The van der Waals surface area contributed by atoms with Crippen LogP contribution >= 0.6 is 0 Å². The number of carbonyl (C=O) groups excluding carboxylic acids is 1. The van der Waals surface area contributed by atoms with E-state index in [1.165, 1.54) is 4.31 Å². The molecule has 0 radical (unpaired) electrons. The molecular formula is C24H27N3O4S. The molecular weight excluding hydrogens is 426 g/mol. The molecule has 1 saturated heterocycles. The minimum absolute atomic E-state index is 0.162. The van der Waals surface area contributed by atoms with Crippen LogP contribution in [0, 0.1) is 6.92 Å². The standard InChI is InChI=1S/C24H27N3O4S/c1-18-7-10-21(32(29,30)27-13-15-31-16-14-27)17-23(18)26-24(28)12-9-20-8-11-22(25-20)19-5-3-2-4-6-19/h2-8,10-11,17,25H,9,12-16H2,1H3,(H,26,28). The Morgan fingerprint density at radius 3 is 2.56 bits per heavy atom. The average molecular weight is 454 g/mol. The van der Waals surface area contributed by atoms with Gasteiger partial charge >= 0.3 is 0 Å². The lowest BCUT2D eigenvalue weighted by Crippen LogP contribution is -2.40. The molecule has 7 nitrogen and oxygen atoms in total. The predicted octanol–water partition coefficient (Wildman–Crippen LogP) is 3.58. The fourth-order valence-corrected chi connectivity index (χ4v) is 5.10. The van der Waals surface area contributed by atoms with Crippen molar-refractivity contribution in [3.05, 3.63) is 71.9 Å². The summed E-state index contributed by atoms with van der Waals surface area (Å²) >= 11 is 0. The number of hydrogen-bond donors (Lipinski definition) is 2. The van der Waals surface area contributed by atoms with Crippen LogP contribution in [0.2, 0.25) is 0 Å². The maximum atomic E-state index is 12.9. The third-order valence-electron chi connectivity index (χ3n) is 5.54. The summed E-state index contributed by atoms with van der Waals surface area (Å²) in [6.45, 7) is 3.29. The van der Waals surface area contributed by atoms with Crippen molar-refractivity contribution in [1.29, 1.82) is 0 Å². The Hall–Kier alpha value is -2.94. The maximum Gasteiger partial charge on any atom is 0.243 e. The Bertz CT molecular complexity index is 1180. The summed E-state index contributed by atoms with van der Waals surface area (Å²) < 4.78 is 32.5. The molecule has 0 atom stereocenters. The molecule has 4 rings (SSSR count). The number of carbonyl (C=O) groups is 1. The molecule has 3 aromatic rings. The van der Waals surface area contributed by atoms with E-state index in [0.717, 1.165) is 22.5 Å². The van der Waals surface area contributed by atoms with Gasteiger partial charge in [-0.15, -0.1) is 0 Å². The van der Waals surface area contributed by atoms with Crippen molar-refractivity contribution in [2.45, 2.75) is 24.7 Å². The molecule has 0 bridgehead atoms. The summed E-state index contributed by atoms with van der Waals surface area (Å²) in [6, 6.07) is 18.8. The fraction of sp³-hybridized carbons (Fsp3) is 0.292. The van der Waals surface area contributed by atoms with E-state index >= 15 is 0 Å². The zero-order valence-electron chi connectivity index (χ0n) is 18.0. The van der Waals surface area contributed by atoms with Crippen LogP contribution in [0.3, 0.4) is 0 Å². The van der Waals surface area contributed by atoms with Crippen molar-refractivity contribution in [2.24, 2.45) is 0 Å². The van der Waals surface area contributed by atoms with Gasteiger partial charge in [0, 0.05) is 36.6 Å². The van der Waals surface area contributed by atoms with Crippen LogP contribution in [0.25, 0.3) is 11.3 Å². The van der Waals surface area contributed by atoms with Gasteiger partial charge in [-0.1, -0.05) is 36.4 Å². The molecule has 1 aliphatic rings. The first-order valence-electron chi connectivity index (χ1n) is 10.7. The first-order valence-corrected chi connectivity index (χ1v) is 12.1. The molecule has 2 N–H and O–H groups in total. The number of sulfonamides is 1. The van der Waals surface area contributed by atoms with E-state index in [-0.39, 0.29) is 17.2 Å². The normalized spacial score (nSPS) is 14.9. The number of nitrogens with zero attached hydrogens (tertiary/aromatic N) is 1. The first kappa shape index (κ1) is 22.3. The number of benzene rings is 2. The molecule has 0 aliphatic carbocycles. The fourth-order valence-electron chi connectivity index (χ4n) is 3.67. The summed E-state index contributed by atoms with van der Waals surface area (Å²) in [7, 11) is -3.62. The number of aromatic nitrogens is 1. The largest absolute Gasteiger partial charge is 0.379 e. The number of nitrogens with one attached hydrogen (secondary N) is 2. The Balaban J connectivity index is 1.40. The minimum Gasteiger partial charge on any atom is -0.379 e. The number of hydrogen-bond acceptors (Lipinski definition) is 4. The summed E-state index contributed by atoms with van der Waals surface area (Å²) in [5.41, 5.74) is 4.40. The van der Waals surface area contributed by atoms with E-state index < -0.39 is 10.0 Å². The molecule has 2 aromatic carbocycles. The smallest absolute Gasteiger partial charge is 0.243 e. The SMILES string of the molecule is Cc1ccc(S(=O)(=O)N2CCOCC2)cc1NC(=O)CCc1ccc(-c2ccccc2)[nH]1.